The molecule has 0 spiro atoms. The summed E-state index contributed by atoms with van der Waals surface area (Å²) in [4.78, 5) is 48.5. The van der Waals surface area contributed by atoms with Crippen LogP contribution in [0, 0.1) is 6.92 Å². The van der Waals surface area contributed by atoms with Crippen LogP contribution in [0.25, 0.3) is 39.2 Å². The molecule has 3 aliphatic rings. The number of pyridine rings is 2. The summed E-state index contributed by atoms with van der Waals surface area (Å²) in [5, 5.41) is 13.6. The summed E-state index contributed by atoms with van der Waals surface area (Å²) < 4.78 is 1.58. The SMILES string of the molecule is Cc1c(-c2ccn3c(=O)c(CNC[C@H]4CCC(=O)N4)cnc3c2)cccc1-c1cccc(-c2ccc3c(n2)N(C)CC[C@@H]3NC[C@H]2CCC(=O)N2)c1Cl. The minimum absolute atomic E-state index is 0.0741. The number of hydrogen-bond donors (Lipinski definition) is 4. The second-order valence-corrected chi connectivity index (χ2v) is 14.8. The van der Waals surface area contributed by atoms with Crippen molar-refractivity contribution in [3.8, 4) is 33.5 Å². The number of anilines is 1. The van der Waals surface area contributed by atoms with E-state index in [2.05, 4.69) is 69.4 Å². The Bertz CT molecular complexity index is 2290. The molecular formula is C41H43ClN8O3. The molecule has 3 aliphatic heterocycles. The van der Waals surface area contributed by atoms with Crippen LogP contribution in [0.2, 0.25) is 5.02 Å². The van der Waals surface area contributed by atoms with Gasteiger partial charge in [0.05, 0.1) is 10.7 Å². The van der Waals surface area contributed by atoms with Gasteiger partial charge in [-0.15, -0.1) is 0 Å². The summed E-state index contributed by atoms with van der Waals surface area (Å²) in [7, 11) is 2.07. The highest BCUT2D eigenvalue weighted by Gasteiger charge is 2.28. The summed E-state index contributed by atoms with van der Waals surface area (Å²) in [6.07, 6.45) is 7.19. The maximum atomic E-state index is 13.3. The average molecular weight is 731 g/mol. The lowest BCUT2D eigenvalue weighted by atomic mass is 9.91. The Morgan fingerprint density at radius 1 is 0.868 bits per heavy atom. The Morgan fingerprint density at radius 2 is 1.58 bits per heavy atom. The van der Waals surface area contributed by atoms with Gasteiger partial charge < -0.3 is 26.2 Å². The maximum absolute atomic E-state index is 13.3. The first-order valence-electron chi connectivity index (χ1n) is 18.4. The number of carbonyl (C=O) groups is 2. The monoisotopic (exact) mass is 730 g/mol. The van der Waals surface area contributed by atoms with Crippen LogP contribution >= 0.6 is 11.6 Å². The third-order valence-corrected chi connectivity index (χ3v) is 11.3. The Morgan fingerprint density at radius 3 is 2.34 bits per heavy atom. The molecule has 2 saturated heterocycles. The number of nitrogens with one attached hydrogen (secondary N) is 4. The summed E-state index contributed by atoms with van der Waals surface area (Å²) in [6, 6.07) is 20.8. The van der Waals surface area contributed by atoms with Crippen LogP contribution in [0.1, 0.15) is 54.8 Å². The first-order chi connectivity index (χ1) is 25.7. The highest BCUT2D eigenvalue weighted by atomic mass is 35.5. The molecule has 0 unspecified atom stereocenters. The molecular weight excluding hydrogens is 688 g/mol. The lowest BCUT2D eigenvalue weighted by Crippen LogP contribution is -2.40. The molecule has 0 radical (unpaired) electrons. The Balaban J connectivity index is 1.03. The number of amides is 2. The zero-order valence-corrected chi connectivity index (χ0v) is 30.7. The van der Waals surface area contributed by atoms with Crippen LogP contribution < -0.4 is 31.7 Å². The lowest BCUT2D eigenvalue weighted by Gasteiger charge is -2.33. The normalized spacial score (nSPS) is 19.8. The molecule has 2 amide bonds. The molecule has 8 rings (SSSR count). The largest absolute Gasteiger partial charge is 0.359 e. The van der Waals surface area contributed by atoms with E-state index in [1.54, 1.807) is 16.8 Å². The van der Waals surface area contributed by atoms with E-state index in [4.69, 9.17) is 16.6 Å². The maximum Gasteiger partial charge on any atom is 0.262 e. The van der Waals surface area contributed by atoms with Gasteiger partial charge in [-0.05, 0) is 66.6 Å². The van der Waals surface area contributed by atoms with Crippen LogP contribution in [-0.4, -0.2) is 64.9 Å². The molecule has 12 heteroatoms. The number of carbonyl (C=O) groups excluding carboxylic acids is 2. The molecule has 2 fully saturated rings. The highest BCUT2D eigenvalue weighted by Crippen LogP contribution is 2.41. The van der Waals surface area contributed by atoms with Gasteiger partial charge in [-0.2, -0.15) is 0 Å². The van der Waals surface area contributed by atoms with Gasteiger partial charge in [0.2, 0.25) is 11.8 Å². The van der Waals surface area contributed by atoms with Crippen molar-refractivity contribution in [2.45, 2.75) is 63.7 Å². The molecule has 5 aromatic rings. The molecule has 0 bridgehead atoms. The lowest BCUT2D eigenvalue weighted by molar-refractivity contribution is -0.120. The first-order valence-corrected chi connectivity index (χ1v) is 18.8. The quantitative estimate of drug-likeness (QED) is 0.155. The molecule has 4 N–H and O–H groups in total. The average Bonchev–Trinajstić information content (AvgIpc) is 3.79. The Hall–Kier alpha value is -5.10. The van der Waals surface area contributed by atoms with Gasteiger partial charge in [0.1, 0.15) is 11.5 Å². The molecule has 0 saturated carbocycles. The van der Waals surface area contributed by atoms with Crippen LogP contribution in [-0.2, 0) is 16.1 Å². The van der Waals surface area contributed by atoms with Gasteiger partial charge in [0.25, 0.3) is 5.56 Å². The predicted octanol–water partition coefficient (Wildman–Crippen LogP) is 5.17. The van der Waals surface area contributed by atoms with E-state index in [9.17, 15) is 14.4 Å². The van der Waals surface area contributed by atoms with Crippen molar-refractivity contribution in [1.29, 1.82) is 0 Å². The van der Waals surface area contributed by atoms with Gasteiger partial charge in [-0.25, -0.2) is 9.97 Å². The van der Waals surface area contributed by atoms with Crippen molar-refractivity contribution in [2.75, 3.05) is 31.6 Å². The van der Waals surface area contributed by atoms with Crippen molar-refractivity contribution < 1.29 is 9.59 Å². The van der Waals surface area contributed by atoms with Crippen molar-refractivity contribution in [1.82, 2.24) is 35.6 Å². The summed E-state index contributed by atoms with van der Waals surface area (Å²) in [5.74, 6) is 1.14. The summed E-state index contributed by atoms with van der Waals surface area (Å²) in [6.45, 7) is 4.69. The molecule has 11 nitrogen and oxygen atoms in total. The first kappa shape index (κ1) is 35.0. The van der Waals surface area contributed by atoms with E-state index in [1.807, 2.05) is 36.4 Å². The number of nitrogens with zero attached hydrogens (tertiary/aromatic N) is 4. The number of rotatable bonds is 10. The smallest absolute Gasteiger partial charge is 0.262 e. The molecule has 6 heterocycles. The van der Waals surface area contributed by atoms with E-state index in [1.165, 1.54) is 0 Å². The molecule has 53 heavy (non-hydrogen) atoms. The molecule has 3 atom stereocenters. The summed E-state index contributed by atoms with van der Waals surface area (Å²) in [5.41, 5.74) is 8.80. The zero-order valence-electron chi connectivity index (χ0n) is 29.9. The standard InChI is InChI=1S/C41H43ClN8O3/c1-24-29(25-15-18-50-36(19-25)45-21-26(41(50)53)20-43-22-27-9-13-37(51)46-27)5-3-6-30(24)31-7-4-8-32(39(31)42)35-12-11-33-34(16-17-49(2)40(33)48-35)44-23-28-10-14-38(52)47-28/h3-8,11-12,15,18-19,21,27-28,34,43-44H,9-10,13-14,16-17,20,22-23H2,1-2H3,(H,46,51)(H,47,52)/t27-,28-,34+/m1/s1. The fraction of sp³-hybridized carbons (Fsp3) is 0.341. The van der Waals surface area contributed by atoms with Gasteiger partial charge >= 0.3 is 0 Å². The van der Waals surface area contributed by atoms with Crippen LogP contribution in [0.4, 0.5) is 5.82 Å². The van der Waals surface area contributed by atoms with E-state index < -0.39 is 0 Å². The minimum atomic E-state index is -0.119. The Kier molecular flexibility index (Phi) is 9.72. The Labute approximate surface area is 313 Å². The van der Waals surface area contributed by atoms with Crippen LogP contribution in [0.5, 0.6) is 0 Å². The fourth-order valence-electron chi connectivity index (χ4n) is 7.89. The van der Waals surface area contributed by atoms with Gasteiger partial charge in [-0.3, -0.25) is 18.8 Å². The number of aromatic nitrogens is 3. The number of halogens is 1. The third-order valence-electron chi connectivity index (χ3n) is 10.9. The number of hydrogen-bond acceptors (Lipinski definition) is 8. The fourth-order valence-corrected chi connectivity index (χ4v) is 8.21. The third kappa shape index (κ3) is 7.04. The summed E-state index contributed by atoms with van der Waals surface area (Å²) >= 11 is 7.25. The number of benzene rings is 2. The van der Waals surface area contributed by atoms with Crippen molar-refractivity contribution in [3.05, 3.63) is 105 Å². The molecule has 272 valence electrons. The van der Waals surface area contributed by atoms with Crippen LogP contribution in [0.15, 0.2) is 77.9 Å². The minimum Gasteiger partial charge on any atom is -0.359 e. The highest BCUT2D eigenvalue weighted by molar-refractivity contribution is 6.36. The van der Waals surface area contributed by atoms with Crippen molar-refractivity contribution in [2.24, 2.45) is 0 Å². The van der Waals surface area contributed by atoms with Crippen molar-refractivity contribution in [3.63, 3.8) is 0 Å². The van der Waals surface area contributed by atoms with E-state index in [0.717, 1.165) is 82.8 Å². The van der Waals surface area contributed by atoms with Gasteiger partial charge in [-0.1, -0.05) is 54.1 Å². The van der Waals surface area contributed by atoms with E-state index >= 15 is 0 Å². The molecule has 0 aliphatic carbocycles. The van der Waals surface area contributed by atoms with E-state index in [0.29, 0.717) is 42.2 Å². The van der Waals surface area contributed by atoms with Crippen LogP contribution in [0.3, 0.4) is 0 Å². The van der Waals surface area contributed by atoms with E-state index in [-0.39, 0.29) is 35.5 Å². The topological polar surface area (TPSA) is 133 Å². The zero-order chi connectivity index (χ0) is 36.6. The van der Waals surface area contributed by atoms with Gasteiger partial charge in [0, 0.05) is 98.8 Å². The second-order valence-electron chi connectivity index (χ2n) is 14.4. The molecule has 2 aromatic carbocycles. The van der Waals surface area contributed by atoms with Gasteiger partial charge in [0.15, 0.2) is 0 Å². The number of fused-ring (bicyclic) bond motifs is 2. The molecule has 3 aromatic heterocycles. The van der Waals surface area contributed by atoms with Crippen molar-refractivity contribution >= 4 is 34.9 Å². The second kappa shape index (κ2) is 14.7. The predicted molar refractivity (Wildman–Crippen MR) is 208 cm³/mol.